The van der Waals surface area contributed by atoms with Crippen LogP contribution in [0.2, 0.25) is 0 Å². The fourth-order valence-electron chi connectivity index (χ4n) is 1.84. The fraction of sp³-hybridized carbons (Fsp3) is 0.308. The van der Waals surface area contributed by atoms with E-state index in [1.54, 1.807) is 6.92 Å². The number of nitrogens with zero attached hydrogens (tertiary/aromatic N) is 4. The van der Waals surface area contributed by atoms with E-state index in [1.807, 2.05) is 6.07 Å². The van der Waals surface area contributed by atoms with Crippen LogP contribution < -0.4 is 11.2 Å². The zero-order valence-electron chi connectivity index (χ0n) is 11.8. The minimum Gasteiger partial charge on any atom is -0.416 e. The Labute approximate surface area is 129 Å². The van der Waals surface area contributed by atoms with Gasteiger partial charge in [-0.25, -0.2) is 4.79 Å². The van der Waals surface area contributed by atoms with Crippen LogP contribution in [0, 0.1) is 18.3 Å². The molecule has 2 rings (SSSR count). The Morgan fingerprint density at radius 1 is 1.50 bits per heavy atom. The lowest BCUT2D eigenvalue weighted by Gasteiger charge is -2.06. The summed E-state index contributed by atoms with van der Waals surface area (Å²) in [5.41, 5.74) is -0.0609. The molecule has 22 heavy (non-hydrogen) atoms. The second kappa shape index (κ2) is 6.91. The highest BCUT2D eigenvalue weighted by atomic mass is 32.2. The molecule has 0 amide bonds. The summed E-state index contributed by atoms with van der Waals surface area (Å²) in [4.78, 5) is 26.7. The molecule has 2 heterocycles. The molecule has 0 saturated heterocycles. The zero-order valence-corrected chi connectivity index (χ0v) is 12.6. The maximum absolute atomic E-state index is 12.3. The van der Waals surface area contributed by atoms with Crippen molar-refractivity contribution in [1.82, 2.24) is 19.7 Å². The van der Waals surface area contributed by atoms with Crippen molar-refractivity contribution in [3.63, 3.8) is 0 Å². The predicted octanol–water partition coefficient (Wildman–Crippen LogP) is 0.621. The third-order valence-corrected chi connectivity index (χ3v) is 3.53. The Hall–Kier alpha value is -2.60. The third-order valence-electron chi connectivity index (χ3n) is 2.84. The second-order valence-corrected chi connectivity index (χ2v) is 5.25. The van der Waals surface area contributed by atoms with E-state index in [9.17, 15) is 9.59 Å². The van der Waals surface area contributed by atoms with Gasteiger partial charge in [0.2, 0.25) is 5.89 Å². The highest BCUT2D eigenvalue weighted by Gasteiger charge is 2.15. The van der Waals surface area contributed by atoms with Crippen LogP contribution in [0.1, 0.15) is 17.1 Å². The number of nitrogens with one attached hydrogen (secondary N) is 1. The average molecular weight is 319 g/mol. The zero-order chi connectivity index (χ0) is 16.1. The molecule has 2 aromatic rings. The van der Waals surface area contributed by atoms with Gasteiger partial charge in [0.25, 0.3) is 10.8 Å². The second-order valence-electron chi connectivity index (χ2n) is 4.32. The molecule has 0 spiro atoms. The van der Waals surface area contributed by atoms with Crippen molar-refractivity contribution in [2.45, 2.75) is 25.1 Å². The number of aryl methyl sites for hydroxylation is 1. The molecule has 0 radical (unpaired) electrons. The first kappa shape index (κ1) is 15.8. The van der Waals surface area contributed by atoms with Crippen molar-refractivity contribution in [3.05, 3.63) is 50.6 Å². The number of rotatable bonds is 6. The van der Waals surface area contributed by atoms with Crippen LogP contribution in [0.4, 0.5) is 0 Å². The van der Waals surface area contributed by atoms with Crippen molar-refractivity contribution in [2.24, 2.45) is 0 Å². The average Bonchev–Trinajstić information content (AvgIpc) is 2.93. The highest BCUT2D eigenvalue weighted by molar-refractivity contribution is 7.99. The number of aromatic amines is 1. The van der Waals surface area contributed by atoms with E-state index in [-0.39, 0.29) is 29.8 Å². The smallest absolute Gasteiger partial charge is 0.328 e. The Bertz CT molecular complexity index is 843. The number of aromatic nitrogens is 4. The molecule has 0 atom stereocenters. The molecule has 0 aliphatic carbocycles. The molecule has 8 nitrogen and oxygen atoms in total. The molecule has 0 fully saturated rings. The summed E-state index contributed by atoms with van der Waals surface area (Å²) in [5.74, 6) is 0.448. The van der Waals surface area contributed by atoms with Gasteiger partial charge < -0.3 is 9.40 Å². The van der Waals surface area contributed by atoms with Gasteiger partial charge in [-0.3, -0.25) is 9.36 Å². The molecular formula is C13H13N5O3S. The predicted molar refractivity (Wildman–Crippen MR) is 79.7 cm³/mol. The highest BCUT2D eigenvalue weighted by Crippen LogP contribution is 2.16. The van der Waals surface area contributed by atoms with Gasteiger partial charge in [0.05, 0.1) is 18.2 Å². The number of hydrogen-bond acceptors (Lipinski definition) is 7. The van der Waals surface area contributed by atoms with Crippen LogP contribution in [0.3, 0.4) is 0 Å². The van der Waals surface area contributed by atoms with Gasteiger partial charge in [-0.15, -0.1) is 16.8 Å². The van der Waals surface area contributed by atoms with Crippen LogP contribution in [0.25, 0.3) is 0 Å². The first-order chi connectivity index (χ1) is 10.6. The Morgan fingerprint density at radius 3 is 2.95 bits per heavy atom. The molecular weight excluding hydrogens is 306 g/mol. The van der Waals surface area contributed by atoms with Gasteiger partial charge in [0.15, 0.2) is 0 Å². The maximum Gasteiger partial charge on any atom is 0.328 e. The topological polar surface area (TPSA) is 118 Å². The van der Waals surface area contributed by atoms with Crippen LogP contribution in [-0.4, -0.2) is 25.5 Å². The molecule has 0 unspecified atom stereocenters. The van der Waals surface area contributed by atoms with Crippen molar-refractivity contribution >= 4 is 11.8 Å². The number of thioether (sulfide) groups is 1. The van der Waals surface area contributed by atoms with E-state index in [2.05, 4.69) is 21.8 Å². The van der Waals surface area contributed by atoms with E-state index in [4.69, 9.17) is 9.68 Å². The Balaban J connectivity index is 2.33. The molecule has 0 aliphatic heterocycles. The van der Waals surface area contributed by atoms with Crippen LogP contribution in [0.15, 0.2) is 31.9 Å². The van der Waals surface area contributed by atoms with Crippen LogP contribution >= 0.6 is 11.8 Å². The largest absolute Gasteiger partial charge is 0.416 e. The van der Waals surface area contributed by atoms with E-state index in [1.165, 1.54) is 6.08 Å². The van der Waals surface area contributed by atoms with E-state index in [0.29, 0.717) is 11.3 Å². The van der Waals surface area contributed by atoms with Crippen LogP contribution in [0.5, 0.6) is 0 Å². The first-order valence-corrected chi connectivity index (χ1v) is 7.31. The maximum atomic E-state index is 12.3. The number of nitriles is 1. The number of hydrogen-bond donors (Lipinski definition) is 1. The lowest BCUT2D eigenvalue weighted by atomic mass is 10.1. The van der Waals surface area contributed by atoms with Crippen molar-refractivity contribution in [2.75, 3.05) is 5.75 Å². The molecule has 114 valence electrons. The normalized spacial score (nSPS) is 10.4. The SMILES string of the molecule is C=CCn1c(=O)[nH]c(C)c(Cc2nnc(SCC#N)o2)c1=O. The molecule has 1 N–H and O–H groups in total. The fourth-order valence-corrected chi connectivity index (χ4v) is 2.28. The molecule has 9 heteroatoms. The summed E-state index contributed by atoms with van der Waals surface area (Å²) in [6.45, 7) is 5.28. The van der Waals surface area contributed by atoms with Crippen molar-refractivity contribution in [3.8, 4) is 6.07 Å². The summed E-state index contributed by atoms with van der Waals surface area (Å²) < 4.78 is 6.41. The van der Waals surface area contributed by atoms with Crippen molar-refractivity contribution in [1.29, 1.82) is 5.26 Å². The van der Waals surface area contributed by atoms with Gasteiger partial charge in [0, 0.05) is 17.8 Å². The van der Waals surface area contributed by atoms with E-state index >= 15 is 0 Å². The molecule has 0 aliphatic rings. The molecule has 2 aromatic heterocycles. The summed E-state index contributed by atoms with van der Waals surface area (Å²) in [5, 5.41) is 16.4. The molecule has 0 aromatic carbocycles. The monoisotopic (exact) mass is 319 g/mol. The lowest BCUT2D eigenvalue weighted by Crippen LogP contribution is -2.37. The van der Waals surface area contributed by atoms with Crippen LogP contribution in [-0.2, 0) is 13.0 Å². The van der Waals surface area contributed by atoms with Gasteiger partial charge in [0.1, 0.15) is 0 Å². The van der Waals surface area contributed by atoms with Gasteiger partial charge in [-0.2, -0.15) is 5.26 Å². The first-order valence-electron chi connectivity index (χ1n) is 6.32. The van der Waals surface area contributed by atoms with Gasteiger partial charge in [-0.1, -0.05) is 17.8 Å². The number of H-pyrrole nitrogens is 1. The van der Waals surface area contributed by atoms with Gasteiger partial charge >= 0.3 is 5.69 Å². The van der Waals surface area contributed by atoms with Crippen molar-refractivity contribution < 1.29 is 4.42 Å². The van der Waals surface area contributed by atoms with E-state index < -0.39 is 11.2 Å². The Morgan fingerprint density at radius 2 is 2.27 bits per heavy atom. The lowest BCUT2D eigenvalue weighted by molar-refractivity contribution is 0.419. The summed E-state index contributed by atoms with van der Waals surface area (Å²) in [7, 11) is 0. The summed E-state index contributed by atoms with van der Waals surface area (Å²) in [6, 6.07) is 1.95. The van der Waals surface area contributed by atoms with Gasteiger partial charge in [-0.05, 0) is 6.92 Å². The summed E-state index contributed by atoms with van der Waals surface area (Å²) in [6.07, 6.45) is 1.58. The number of allylic oxidation sites excluding steroid dienone is 1. The molecule has 0 bridgehead atoms. The third kappa shape index (κ3) is 3.35. The molecule has 0 saturated carbocycles. The minimum atomic E-state index is -0.484. The van der Waals surface area contributed by atoms with E-state index in [0.717, 1.165) is 16.3 Å². The minimum absolute atomic E-state index is 0.110. The quantitative estimate of drug-likeness (QED) is 0.612. The Kier molecular flexibility index (Phi) is 4.95. The summed E-state index contributed by atoms with van der Waals surface area (Å²) >= 11 is 1.12. The standard InChI is InChI=1S/C13H13N5O3S/c1-3-5-18-11(19)9(8(2)15-12(18)20)7-10-16-17-13(21-10)22-6-4-14/h3H,1,5-7H2,2H3,(H,15,20).